The number of anilines is 1. The molecule has 11 heteroatoms. The van der Waals surface area contributed by atoms with Crippen molar-refractivity contribution in [1.29, 1.82) is 0 Å². The summed E-state index contributed by atoms with van der Waals surface area (Å²) in [6, 6.07) is 8.55. The predicted molar refractivity (Wildman–Crippen MR) is 110 cm³/mol. The van der Waals surface area contributed by atoms with Crippen LogP contribution in [0.1, 0.15) is 10.4 Å². The second kappa shape index (κ2) is 7.97. The third-order valence-corrected chi connectivity index (χ3v) is 5.50. The number of aromatic nitrogens is 3. The van der Waals surface area contributed by atoms with Gasteiger partial charge in [0, 0.05) is 5.56 Å². The van der Waals surface area contributed by atoms with E-state index in [1.807, 2.05) is 0 Å². The number of pyridine rings is 1. The van der Waals surface area contributed by atoms with E-state index in [0.717, 1.165) is 0 Å². The standard InChI is InChI=1S/C20H19ClN4O6/c1-28-10-4-2-3-9(5-10)19(27)24-17-11(21)6-12-18(23-17)25-20(22-12)31-14-8-30-15-13(26)7-29-16(14)15/h2-6,13-16,26H,7-8H2,1H3,(H2,22,23,24,25,27)/t13-,14-,15?,16?/m1/s1. The number of aliphatic hydroxyl groups is 1. The first kappa shape index (κ1) is 20.0. The van der Waals surface area contributed by atoms with Crippen LogP contribution in [0.3, 0.4) is 0 Å². The van der Waals surface area contributed by atoms with Gasteiger partial charge in [-0.15, -0.1) is 0 Å². The van der Waals surface area contributed by atoms with Crippen molar-refractivity contribution in [3.05, 3.63) is 40.9 Å². The van der Waals surface area contributed by atoms with Crippen LogP contribution < -0.4 is 14.8 Å². The number of nitrogens with one attached hydrogen (secondary N) is 2. The van der Waals surface area contributed by atoms with Crippen LogP contribution in [0.4, 0.5) is 5.82 Å². The van der Waals surface area contributed by atoms with Crippen LogP contribution in [0.15, 0.2) is 30.3 Å². The molecule has 0 radical (unpaired) electrons. The molecule has 2 aliphatic rings. The van der Waals surface area contributed by atoms with Crippen LogP contribution >= 0.6 is 11.6 Å². The van der Waals surface area contributed by atoms with Gasteiger partial charge in [0.2, 0.25) is 0 Å². The fourth-order valence-electron chi connectivity index (χ4n) is 3.67. The van der Waals surface area contributed by atoms with E-state index in [-0.39, 0.29) is 42.1 Å². The van der Waals surface area contributed by atoms with Crippen LogP contribution in [0.5, 0.6) is 11.8 Å². The van der Waals surface area contributed by atoms with Gasteiger partial charge in [0.25, 0.3) is 11.9 Å². The first-order chi connectivity index (χ1) is 15.0. The van der Waals surface area contributed by atoms with Crippen molar-refractivity contribution in [2.45, 2.75) is 24.4 Å². The summed E-state index contributed by atoms with van der Waals surface area (Å²) in [7, 11) is 1.53. The Balaban J connectivity index is 1.34. The maximum Gasteiger partial charge on any atom is 0.296 e. The van der Waals surface area contributed by atoms with E-state index in [1.54, 1.807) is 30.3 Å². The molecule has 0 aliphatic carbocycles. The molecule has 4 atom stereocenters. The number of halogens is 1. The van der Waals surface area contributed by atoms with E-state index >= 15 is 0 Å². The fraction of sp³-hybridized carbons (Fsp3) is 0.350. The number of ether oxygens (including phenoxy) is 4. The zero-order chi connectivity index (χ0) is 21.5. The number of hydrogen-bond acceptors (Lipinski definition) is 8. The van der Waals surface area contributed by atoms with Gasteiger partial charge in [0.1, 0.15) is 24.1 Å². The fourth-order valence-corrected chi connectivity index (χ4v) is 3.87. The highest BCUT2D eigenvalue weighted by Gasteiger charge is 2.48. The second-order valence-electron chi connectivity index (χ2n) is 7.24. The Morgan fingerprint density at radius 3 is 2.94 bits per heavy atom. The smallest absolute Gasteiger partial charge is 0.296 e. The van der Waals surface area contributed by atoms with Crippen molar-refractivity contribution in [3.8, 4) is 11.8 Å². The SMILES string of the molecule is COc1cccc(C(=O)Nc2nc3nc(O[C@@H]4COC5C4OC[C@H]5O)[nH]c3cc2Cl)c1. The minimum absolute atomic E-state index is 0.173. The minimum atomic E-state index is -0.662. The molecule has 2 saturated heterocycles. The lowest BCUT2D eigenvalue weighted by Gasteiger charge is -2.15. The maximum atomic E-state index is 12.6. The first-order valence-electron chi connectivity index (χ1n) is 9.61. The number of carbonyl (C=O) groups excluding carboxylic acids is 1. The van der Waals surface area contributed by atoms with Gasteiger partial charge in [0.05, 0.1) is 30.9 Å². The monoisotopic (exact) mass is 446 g/mol. The normalized spacial score (nSPS) is 24.9. The number of methoxy groups -OCH3 is 1. The van der Waals surface area contributed by atoms with Crippen molar-refractivity contribution in [3.63, 3.8) is 0 Å². The molecule has 2 aromatic heterocycles. The summed E-state index contributed by atoms with van der Waals surface area (Å²) in [5, 5.41) is 12.8. The lowest BCUT2D eigenvalue weighted by molar-refractivity contribution is 0.00706. The molecule has 2 fully saturated rings. The molecule has 0 spiro atoms. The van der Waals surface area contributed by atoms with Crippen molar-refractivity contribution in [2.75, 3.05) is 25.6 Å². The van der Waals surface area contributed by atoms with E-state index in [2.05, 4.69) is 20.3 Å². The van der Waals surface area contributed by atoms with Gasteiger partial charge >= 0.3 is 0 Å². The summed E-state index contributed by atoms with van der Waals surface area (Å²) < 4.78 is 22.1. The lowest BCUT2D eigenvalue weighted by atomic mass is 10.1. The van der Waals surface area contributed by atoms with Crippen LogP contribution in [-0.4, -0.2) is 70.7 Å². The summed E-state index contributed by atoms with van der Waals surface area (Å²) in [5.41, 5.74) is 1.27. The highest BCUT2D eigenvalue weighted by Crippen LogP contribution is 2.31. The highest BCUT2D eigenvalue weighted by molar-refractivity contribution is 6.34. The van der Waals surface area contributed by atoms with E-state index in [0.29, 0.717) is 22.5 Å². The summed E-state index contributed by atoms with van der Waals surface area (Å²) in [5.74, 6) is 0.352. The molecular formula is C20H19ClN4O6. The molecule has 31 heavy (non-hydrogen) atoms. The number of amides is 1. The number of benzene rings is 1. The quantitative estimate of drug-likeness (QED) is 0.541. The summed E-state index contributed by atoms with van der Waals surface area (Å²) in [6.07, 6.45) is -1.84. The molecule has 3 aromatic rings. The number of imidazole rings is 1. The first-order valence-corrected chi connectivity index (χ1v) is 9.99. The number of aliphatic hydroxyl groups excluding tert-OH is 1. The Morgan fingerprint density at radius 1 is 1.26 bits per heavy atom. The number of rotatable bonds is 5. The molecule has 1 amide bonds. The van der Waals surface area contributed by atoms with Crippen molar-refractivity contribution in [1.82, 2.24) is 15.0 Å². The molecule has 5 rings (SSSR count). The third-order valence-electron chi connectivity index (χ3n) is 5.21. The van der Waals surface area contributed by atoms with Gasteiger partial charge in [-0.05, 0) is 24.3 Å². The van der Waals surface area contributed by atoms with E-state index in [9.17, 15) is 9.90 Å². The van der Waals surface area contributed by atoms with Gasteiger partial charge in [0.15, 0.2) is 17.6 Å². The van der Waals surface area contributed by atoms with Gasteiger partial charge in [-0.1, -0.05) is 17.7 Å². The molecular weight excluding hydrogens is 428 g/mol. The van der Waals surface area contributed by atoms with E-state index in [1.165, 1.54) is 7.11 Å². The van der Waals surface area contributed by atoms with Gasteiger partial charge < -0.3 is 34.4 Å². The van der Waals surface area contributed by atoms with Gasteiger partial charge in [-0.2, -0.15) is 4.98 Å². The predicted octanol–water partition coefficient (Wildman–Crippen LogP) is 1.78. The Hall–Kier alpha value is -2.92. The molecule has 2 unspecified atom stereocenters. The van der Waals surface area contributed by atoms with E-state index in [4.69, 9.17) is 30.5 Å². The summed E-state index contributed by atoms with van der Waals surface area (Å²) in [6.45, 7) is 0.488. The molecule has 0 saturated carbocycles. The lowest BCUT2D eigenvalue weighted by Crippen LogP contribution is -2.34. The Bertz CT molecular complexity index is 1140. The van der Waals surface area contributed by atoms with Crippen molar-refractivity contribution < 1.29 is 28.8 Å². The van der Waals surface area contributed by atoms with Gasteiger partial charge in [-0.25, -0.2) is 4.98 Å². The van der Waals surface area contributed by atoms with Gasteiger partial charge in [-0.3, -0.25) is 4.79 Å². The molecule has 0 bridgehead atoms. The van der Waals surface area contributed by atoms with Crippen LogP contribution in [-0.2, 0) is 9.47 Å². The minimum Gasteiger partial charge on any atom is -0.497 e. The Labute approximate surface area is 181 Å². The molecule has 162 valence electrons. The average molecular weight is 447 g/mol. The number of nitrogens with zero attached hydrogens (tertiary/aromatic N) is 2. The van der Waals surface area contributed by atoms with Crippen LogP contribution in [0.25, 0.3) is 11.2 Å². The molecule has 2 aliphatic heterocycles. The Morgan fingerprint density at radius 2 is 2.10 bits per heavy atom. The summed E-state index contributed by atoms with van der Waals surface area (Å²) in [4.78, 5) is 24.2. The third kappa shape index (κ3) is 3.79. The Kier molecular flexibility index (Phi) is 5.14. The number of hydrogen-bond donors (Lipinski definition) is 3. The summed E-state index contributed by atoms with van der Waals surface area (Å²) >= 11 is 6.30. The zero-order valence-electron chi connectivity index (χ0n) is 16.4. The average Bonchev–Trinajstić information content (AvgIpc) is 3.45. The zero-order valence-corrected chi connectivity index (χ0v) is 17.1. The van der Waals surface area contributed by atoms with Crippen LogP contribution in [0, 0.1) is 0 Å². The number of fused-ring (bicyclic) bond motifs is 2. The second-order valence-corrected chi connectivity index (χ2v) is 7.64. The van der Waals surface area contributed by atoms with Crippen LogP contribution in [0.2, 0.25) is 5.02 Å². The molecule has 1 aromatic carbocycles. The number of carbonyl (C=O) groups is 1. The molecule has 10 nitrogen and oxygen atoms in total. The maximum absolute atomic E-state index is 12.6. The number of aromatic amines is 1. The topological polar surface area (TPSA) is 128 Å². The van der Waals surface area contributed by atoms with E-state index < -0.39 is 18.3 Å². The van der Waals surface area contributed by atoms with Crippen molar-refractivity contribution >= 4 is 34.5 Å². The molecule has 4 heterocycles. The van der Waals surface area contributed by atoms with Crippen molar-refractivity contribution in [2.24, 2.45) is 0 Å². The number of H-pyrrole nitrogens is 1. The largest absolute Gasteiger partial charge is 0.497 e. The highest BCUT2D eigenvalue weighted by atomic mass is 35.5. The molecule has 3 N–H and O–H groups in total.